The zero-order valence-corrected chi connectivity index (χ0v) is 9.34. The third-order valence-corrected chi connectivity index (χ3v) is 2.26. The molecule has 0 heterocycles. The van der Waals surface area contributed by atoms with Crippen molar-refractivity contribution in [2.45, 2.75) is 46.5 Å². The number of hydrogen-bond donors (Lipinski definition) is 1. The molecule has 0 radical (unpaired) electrons. The Morgan fingerprint density at radius 3 is 2.29 bits per heavy atom. The number of carboxylic acid groups (broad SMARTS) is 1. The van der Waals surface area contributed by atoms with Gasteiger partial charge in [-0.25, -0.2) is 0 Å². The SMILES string of the molecule is C/C=C(\C)CC/C=C(\C)CCC(=O)O. The predicted octanol–water partition coefficient (Wildman–Crippen LogP) is 3.54. The van der Waals surface area contributed by atoms with Gasteiger partial charge in [-0.1, -0.05) is 23.3 Å². The van der Waals surface area contributed by atoms with Crippen LogP contribution in [-0.2, 0) is 4.79 Å². The van der Waals surface area contributed by atoms with Gasteiger partial charge in [-0.05, 0) is 40.0 Å². The molecule has 0 aliphatic carbocycles. The molecule has 0 spiro atoms. The van der Waals surface area contributed by atoms with Crippen molar-refractivity contribution in [1.29, 1.82) is 0 Å². The fraction of sp³-hybridized carbons (Fsp3) is 0.583. The normalized spacial score (nSPS) is 13.1. The van der Waals surface area contributed by atoms with Crippen molar-refractivity contribution in [2.75, 3.05) is 0 Å². The zero-order valence-electron chi connectivity index (χ0n) is 9.34. The molecule has 0 saturated heterocycles. The van der Waals surface area contributed by atoms with Crippen molar-refractivity contribution in [1.82, 2.24) is 0 Å². The fourth-order valence-corrected chi connectivity index (χ4v) is 1.10. The molecule has 0 aliphatic heterocycles. The van der Waals surface area contributed by atoms with E-state index in [9.17, 15) is 4.79 Å². The monoisotopic (exact) mass is 196 g/mol. The summed E-state index contributed by atoms with van der Waals surface area (Å²) in [5.41, 5.74) is 2.56. The van der Waals surface area contributed by atoms with Crippen LogP contribution >= 0.6 is 0 Å². The first-order valence-corrected chi connectivity index (χ1v) is 5.05. The molecule has 0 aromatic carbocycles. The Hall–Kier alpha value is -1.05. The van der Waals surface area contributed by atoms with Gasteiger partial charge in [0.05, 0.1) is 0 Å². The van der Waals surface area contributed by atoms with E-state index in [1.165, 1.54) is 11.1 Å². The molecular formula is C12H20O2. The molecule has 80 valence electrons. The van der Waals surface area contributed by atoms with E-state index in [0.717, 1.165) is 12.8 Å². The summed E-state index contributed by atoms with van der Waals surface area (Å²) in [6.45, 7) is 6.14. The lowest BCUT2D eigenvalue weighted by Gasteiger charge is -1.99. The Labute approximate surface area is 86.3 Å². The highest BCUT2D eigenvalue weighted by Crippen LogP contribution is 2.09. The van der Waals surface area contributed by atoms with Gasteiger partial charge in [0.25, 0.3) is 0 Å². The molecule has 0 amide bonds. The molecule has 0 fully saturated rings. The van der Waals surface area contributed by atoms with E-state index in [0.29, 0.717) is 6.42 Å². The molecule has 0 saturated carbocycles. The number of carbonyl (C=O) groups is 1. The first-order valence-electron chi connectivity index (χ1n) is 5.05. The summed E-state index contributed by atoms with van der Waals surface area (Å²) >= 11 is 0. The highest BCUT2D eigenvalue weighted by molar-refractivity contribution is 5.66. The minimum absolute atomic E-state index is 0.241. The maximum Gasteiger partial charge on any atom is 0.303 e. The van der Waals surface area contributed by atoms with Gasteiger partial charge in [-0.3, -0.25) is 4.79 Å². The number of hydrogen-bond acceptors (Lipinski definition) is 1. The highest BCUT2D eigenvalue weighted by Gasteiger charge is 1.97. The van der Waals surface area contributed by atoms with Gasteiger partial charge < -0.3 is 5.11 Å². The topological polar surface area (TPSA) is 37.3 Å². The quantitative estimate of drug-likeness (QED) is 0.660. The highest BCUT2D eigenvalue weighted by atomic mass is 16.4. The van der Waals surface area contributed by atoms with Crippen LogP contribution in [0.3, 0.4) is 0 Å². The van der Waals surface area contributed by atoms with E-state index in [1.807, 2.05) is 13.8 Å². The summed E-state index contributed by atoms with van der Waals surface area (Å²) in [6.07, 6.45) is 7.24. The van der Waals surface area contributed by atoms with Crippen LogP contribution < -0.4 is 0 Å². The maximum atomic E-state index is 10.3. The Morgan fingerprint density at radius 1 is 1.14 bits per heavy atom. The van der Waals surface area contributed by atoms with Gasteiger partial charge in [-0.15, -0.1) is 0 Å². The summed E-state index contributed by atoms with van der Waals surface area (Å²) in [6, 6.07) is 0. The Kier molecular flexibility index (Phi) is 6.81. The van der Waals surface area contributed by atoms with Crippen LogP contribution in [0.1, 0.15) is 46.5 Å². The second-order valence-electron chi connectivity index (χ2n) is 3.62. The summed E-state index contributed by atoms with van der Waals surface area (Å²) < 4.78 is 0. The third-order valence-electron chi connectivity index (χ3n) is 2.26. The lowest BCUT2D eigenvalue weighted by molar-refractivity contribution is -0.136. The minimum atomic E-state index is -0.720. The first-order chi connectivity index (χ1) is 6.56. The second-order valence-corrected chi connectivity index (χ2v) is 3.62. The average Bonchev–Trinajstić information content (AvgIpc) is 2.14. The molecule has 1 N–H and O–H groups in total. The Bertz CT molecular complexity index is 237. The number of allylic oxidation sites excluding steroid dienone is 4. The van der Waals surface area contributed by atoms with Gasteiger partial charge in [0.1, 0.15) is 0 Å². The second kappa shape index (κ2) is 7.36. The lowest BCUT2D eigenvalue weighted by Crippen LogP contribution is -1.94. The van der Waals surface area contributed by atoms with Gasteiger partial charge in [0.2, 0.25) is 0 Å². The molecule has 0 unspecified atom stereocenters. The summed E-state index contributed by atoms with van der Waals surface area (Å²) in [7, 11) is 0. The van der Waals surface area contributed by atoms with Crippen LogP contribution in [0.2, 0.25) is 0 Å². The molecule has 2 nitrogen and oxygen atoms in total. The molecule has 14 heavy (non-hydrogen) atoms. The van der Waals surface area contributed by atoms with Crippen LogP contribution in [0.25, 0.3) is 0 Å². The molecule has 0 aliphatic rings. The molecule has 0 aromatic heterocycles. The van der Waals surface area contributed by atoms with Crippen LogP contribution in [0.4, 0.5) is 0 Å². The largest absolute Gasteiger partial charge is 0.481 e. The van der Waals surface area contributed by atoms with Crippen molar-refractivity contribution in [2.24, 2.45) is 0 Å². The van der Waals surface area contributed by atoms with Gasteiger partial charge >= 0.3 is 5.97 Å². The van der Waals surface area contributed by atoms with E-state index >= 15 is 0 Å². The van der Waals surface area contributed by atoms with Crippen LogP contribution in [-0.4, -0.2) is 11.1 Å². The first kappa shape index (κ1) is 12.9. The van der Waals surface area contributed by atoms with Crippen molar-refractivity contribution in [3.05, 3.63) is 23.3 Å². The average molecular weight is 196 g/mol. The molecule has 0 aromatic rings. The molecular weight excluding hydrogens is 176 g/mol. The van der Waals surface area contributed by atoms with Gasteiger partial charge in [0.15, 0.2) is 0 Å². The van der Waals surface area contributed by atoms with Gasteiger partial charge in [0, 0.05) is 6.42 Å². The van der Waals surface area contributed by atoms with E-state index < -0.39 is 5.97 Å². The van der Waals surface area contributed by atoms with E-state index in [2.05, 4.69) is 19.1 Å². The summed E-state index contributed by atoms with van der Waals surface area (Å²) in [4.78, 5) is 10.3. The number of carboxylic acids is 1. The van der Waals surface area contributed by atoms with E-state index in [4.69, 9.17) is 5.11 Å². The fourth-order valence-electron chi connectivity index (χ4n) is 1.10. The Morgan fingerprint density at radius 2 is 1.79 bits per heavy atom. The number of aliphatic carboxylic acids is 1. The predicted molar refractivity (Wildman–Crippen MR) is 59.3 cm³/mol. The van der Waals surface area contributed by atoms with Crippen molar-refractivity contribution in [3.8, 4) is 0 Å². The minimum Gasteiger partial charge on any atom is -0.481 e. The van der Waals surface area contributed by atoms with Gasteiger partial charge in [-0.2, -0.15) is 0 Å². The maximum absolute atomic E-state index is 10.3. The smallest absolute Gasteiger partial charge is 0.303 e. The lowest BCUT2D eigenvalue weighted by atomic mass is 10.1. The summed E-state index contributed by atoms with van der Waals surface area (Å²) in [5, 5.41) is 8.48. The van der Waals surface area contributed by atoms with Crippen molar-refractivity contribution in [3.63, 3.8) is 0 Å². The molecule has 2 heteroatoms. The number of rotatable bonds is 6. The summed E-state index contributed by atoms with van der Waals surface area (Å²) in [5.74, 6) is -0.720. The zero-order chi connectivity index (χ0) is 11.0. The van der Waals surface area contributed by atoms with Crippen molar-refractivity contribution < 1.29 is 9.90 Å². The van der Waals surface area contributed by atoms with E-state index in [-0.39, 0.29) is 6.42 Å². The van der Waals surface area contributed by atoms with E-state index in [1.54, 1.807) is 0 Å². The Balaban J connectivity index is 3.71. The third kappa shape index (κ3) is 7.59. The molecule has 0 bridgehead atoms. The standard InChI is InChI=1S/C12H20O2/c1-4-10(2)6-5-7-11(3)8-9-12(13)14/h4,7H,5-6,8-9H2,1-3H3,(H,13,14)/b10-4+,11-7+. The van der Waals surface area contributed by atoms with Crippen LogP contribution in [0.15, 0.2) is 23.3 Å². The van der Waals surface area contributed by atoms with Crippen molar-refractivity contribution >= 4 is 5.97 Å². The van der Waals surface area contributed by atoms with Crippen LogP contribution in [0, 0.1) is 0 Å². The molecule has 0 atom stereocenters. The molecule has 0 rings (SSSR count). The van der Waals surface area contributed by atoms with Crippen LogP contribution in [0.5, 0.6) is 0 Å².